The first-order chi connectivity index (χ1) is 19.8. The molecule has 2 aromatic carbocycles. The van der Waals surface area contributed by atoms with Crippen LogP contribution in [0.1, 0.15) is 12.0 Å². The van der Waals surface area contributed by atoms with Crippen molar-refractivity contribution >= 4 is 22.1 Å². The van der Waals surface area contributed by atoms with E-state index in [1.807, 2.05) is 24.3 Å². The fourth-order valence-corrected chi connectivity index (χ4v) is 5.41. The molecule has 0 bridgehead atoms. The zero-order valence-electron chi connectivity index (χ0n) is 22.0. The molecule has 1 saturated heterocycles. The van der Waals surface area contributed by atoms with E-state index in [0.717, 1.165) is 33.2 Å². The summed E-state index contributed by atoms with van der Waals surface area (Å²) in [5.41, 5.74) is 6.54. The van der Waals surface area contributed by atoms with Crippen LogP contribution in [0.4, 0.5) is 13.2 Å². The van der Waals surface area contributed by atoms with Gasteiger partial charge >= 0.3 is 0 Å². The summed E-state index contributed by atoms with van der Waals surface area (Å²) in [7, 11) is 1.49. The Labute approximate surface area is 232 Å². The van der Waals surface area contributed by atoms with Crippen LogP contribution in [0.5, 0.6) is 5.75 Å². The second-order valence-corrected chi connectivity index (χ2v) is 10.3. The lowest BCUT2D eigenvalue weighted by Gasteiger charge is -2.15. The molecule has 0 saturated carbocycles. The summed E-state index contributed by atoms with van der Waals surface area (Å²) >= 11 is 0. The summed E-state index contributed by atoms with van der Waals surface area (Å²) in [5.74, 6) is -2.13. The van der Waals surface area contributed by atoms with Crippen molar-refractivity contribution in [3.8, 4) is 39.5 Å². The third-order valence-corrected chi connectivity index (χ3v) is 7.38. The molecular formula is C30H24F3N7O. The second kappa shape index (κ2) is 9.70. The Balaban J connectivity index is 1.25. The number of rotatable bonds is 6. The van der Waals surface area contributed by atoms with Crippen molar-refractivity contribution < 1.29 is 17.9 Å². The van der Waals surface area contributed by atoms with E-state index in [0.29, 0.717) is 47.1 Å². The van der Waals surface area contributed by atoms with Crippen LogP contribution in [0.3, 0.4) is 0 Å². The van der Waals surface area contributed by atoms with Gasteiger partial charge in [0.2, 0.25) is 0 Å². The molecule has 0 atom stereocenters. The Kier molecular flexibility index (Phi) is 5.97. The van der Waals surface area contributed by atoms with E-state index in [1.165, 1.54) is 19.2 Å². The maximum atomic E-state index is 14.3. The highest BCUT2D eigenvalue weighted by atomic mass is 19.3. The number of alkyl halides is 2. The predicted octanol–water partition coefficient (Wildman–Crippen LogP) is 6.22. The fraction of sp³-hybridized carbons (Fsp3) is 0.200. The topological polar surface area (TPSA) is 95.6 Å². The zero-order valence-corrected chi connectivity index (χ0v) is 22.0. The molecule has 11 heteroatoms. The Hall–Kier alpha value is -4.77. The number of imidazole rings is 1. The number of ether oxygens (including phenoxy) is 1. The van der Waals surface area contributed by atoms with Crippen LogP contribution in [0, 0.1) is 5.82 Å². The first-order valence-electron chi connectivity index (χ1n) is 13.1. The van der Waals surface area contributed by atoms with Gasteiger partial charge < -0.3 is 9.72 Å². The number of hydrogen-bond donors (Lipinski definition) is 2. The highest BCUT2D eigenvalue weighted by Gasteiger charge is 2.37. The first kappa shape index (κ1) is 25.2. The first-order valence-corrected chi connectivity index (χ1v) is 13.1. The second-order valence-electron chi connectivity index (χ2n) is 10.3. The van der Waals surface area contributed by atoms with Crippen LogP contribution < -0.4 is 4.74 Å². The molecule has 6 aromatic rings. The van der Waals surface area contributed by atoms with Gasteiger partial charge in [0.05, 0.1) is 24.7 Å². The minimum absolute atomic E-state index is 0.116. The molecule has 4 aromatic heterocycles. The molecule has 1 fully saturated rings. The standard InChI is InChI=1S/C30H24F3N7O/c1-41-22-10-19(9-21(31)12-22)23-4-6-35-28-26(23)36-29(37-28)27-24-11-18(2-3-25(24)38-39-27)20-8-17(13-34-14-20)15-40-7-5-30(32,33)16-40/h2-4,6,8-14H,5,7,15-16H2,1H3,(H,38,39)(H,35,36,37). The number of likely N-dealkylation sites (tertiary alicyclic amines) is 1. The number of aromatic nitrogens is 6. The van der Waals surface area contributed by atoms with Crippen LogP contribution in [0.15, 0.2) is 67.1 Å². The van der Waals surface area contributed by atoms with Gasteiger partial charge in [0.1, 0.15) is 17.3 Å². The van der Waals surface area contributed by atoms with Gasteiger partial charge in [-0.2, -0.15) is 5.10 Å². The molecule has 0 unspecified atom stereocenters. The van der Waals surface area contributed by atoms with Crippen molar-refractivity contribution in [1.82, 2.24) is 35.0 Å². The molecule has 8 nitrogen and oxygen atoms in total. The average molecular weight is 556 g/mol. The molecule has 7 rings (SSSR count). The van der Waals surface area contributed by atoms with Crippen molar-refractivity contribution in [3.63, 3.8) is 0 Å². The summed E-state index contributed by atoms with van der Waals surface area (Å²) in [4.78, 5) is 18.5. The van der Waals surface area contributed by atoms with Crippen molar-refractivity contribution in [2.45, 2.75) is 18.9 Å². The van der Waals surface area contributed by atoms with Crippen LogP contribution in [0.2, 0.25) is 0 Å². The number of halogens is 3. The third kappa shape index (κ3) is 4.78. The van der Waals surface area contributed by atoms with Gasteiger partial charge in [-0.15, -0.1) is 0 Å². The molecule has 1 aliphatic heterocycles. The number of hydrogen-bond acceptors (Lipinski definition) is 6. The largest absolute Gasteiger partial charge is 0.497 e. The fourth-order valence-electron chi connectivity index (χ4n) is 5.41. The maximum absolute atomic E-state index is 14.3. The van der Waals surface area contributed by atoms with Gasteiger partial charge in [-0.1, -0.05) is 6.07 Å². The lowest BCUT2D eigenvalue weighted by molar-refractivity contribution is 0.0115. The average Bonchev–Trinajstić information content (AvgIpc) is 3.68. The van der Waals surface area contributed by atoms with Crippen LogP contribution in [0.25, 0.3) is 55.8 Å². The summed E-state index contributed by atoms with van der Waals surface area (Å²) in [6, 6.07) is 14.2. The lowest BCUT2D eigenvalue weighted by Crippen LogP contribution is -2.24. The molecule has 1 aliphatic rings. The molecule has 2 N–H and O–H groups in total. The smallest absolute Gasteiger partial charge is 0.261 e. The van der Waals surface area contributed by atoms with Gasteiger partial charge in [-0.25, -0.2) is 23.1 Å². The van der Waals surface area contributed by atoms with E-state index in [4.69, 9.17) is 4.74 Å². The van der Waals surface area contributed by atoms with Crippen molar-refractivity contribution in [1.29, 1.82) is 0 Å². The van der Waals surface area contributed by atoms with E-state index in [1.54, 1.807) is 35.6 Å². The number of methoxy groups -OCH3 is 1. The quantitative estimate of drug-likeness (QED) is 0.253. The Morgan fingerprint density at radius 3 is 2.76 bits per heavy atom. The van der Waals surface area contributed by atoms with E-state index in [2.05, 4.69) is 30.1 Å². The highest BCUT2D eigenvalue weighted by molar-refractivity contribution is 5.97. The van der Waals surface area contributed by atoms with Crippen molar-refractivity contribution in [2.75, 3.05) is 20.2 Å². The highest BCUT2D eigenvalue weighted by Crippen LogP contribution is 2.34. The monoisotopic (exact) mass is 555 g/mol. The normalized spacial score (nSPS) is 15.2. The third-order valence-electron chi connectivity index (χ3n) is 7.38. The molecule has 0 spiro atoms. The molecule has 0 aliphatic carbocycles. The predicted molar refractivity (Wildman–Crippen MR) is 149 cm³/mol. The Morgan fingerprint density at radius 1 is 1.02 bits per heavy atom. The minimum atomic E-state index is -2.63. The Morgan fingerprint density at radius 2 is 1.93 bits per heavy atom. The van der Waals surface area contributed by atoms with Crippen LogP contribution in [-0.4, -0.2) is 61.2 Å². The SMILES string of the molecule is COc1cc(F)cc(-c2ccnc3nc(-c4n[nH]c5ccc(-c6cncc(CN7CCC(F)(F)C7)c6)cc45)[nH]c23)c1. The van der Waals surface area contributed by atoms with Crippen molar-refractivity contribution in [2.24, 2.45) is 0 Å². The number of nitrogens with zero attached hydrogens (tertiary/aromatic N) is 5. The van der Waals surface area contributed by atoms with E-state index < -0.39 is 11.7 Å². The maximum Gasteiger partial charge on any atom is 0.261 e. The number of H-pyrrole nitrogens is 2. The van der Waals surface area contributed by atoms with Gasteiger partial charge in [0.25, 0.3) is 5.92 Å². The minimum Gasteiger partial charge on any atom is -0.497 e. The molecule has 41 heavy (non-hydrogen) atoms. The molecule has 206 valence electrons. The van der Waals surface area contributed by atoms with E-state index in [-0.39, 0.29) is 13.0 Å². The molecule has 0 radical (unpaired) electrons. The summed E-state index contributed by atoms with van der Waals surface area (Å²) in [5, 5.41) is 8.41. The van der Waals surface area contributed by atoms with Gasteiger partial charge in [0, 0.05) is 60.7 Å². The number of nitrogens with one attached hydrogen (secondary N) is 2. The number of pyridine rings is 2. The summed E-state index contributed by atoms with van der Waals surface area (Å²) in [6.07, 6.45) is 4.99. The Bertz CT molecular complexity index is 1920. The molecule has 0 amide bonds. The van der Waals surface area contributed by atoms with Gasteiger partial charge in [-0.05, 0) is 53.1 Å². The lowest BCUT2D eigenvalue weighted by atomic mass is 10.0. The van der Waals surface area contributed by atoms with Crippen LogP contribution in [-0.2, 0) is 6.54 Å². The van der Waals surface area contributed by atoms with E-state index in [9.17, 15) is 13.2 Å². The summed E-state index contributed by atoms with van der Waals surface area (Å²) in [6.45, 7) is 0.548. The number of aromatic amines is 2. The van der Waals surface area contributed by atoms with E-state index >= 15 is 0 Å². The molecular weight excluding hydrogens is 531 g/mol. The van der Waals surface area contributed by atoms with Gasteiger partial charge in [0.15, 0.2) is 11.5 Å². The number of fused-ring (bicyclic) bond motifs is 2. The van der Waals surface area contributed by atoms with Gasteiger partial charge in [-0.3, -0.25) is 15.0 Å². The number of benzene rings is 2. The molecule has 5 heterocycles. The zero-order chi connectivity index (χ0) is 28.1. The van der Waals surface area contributed by atoms with Crippen LogP contribution >= 0.6 is 0 Å². The summed E-state index contributed by atoms with van der Waals surface area (Å²) < 4.78 is 46.8. The van der Waals surface area contributed by atoms with Crippen molar-refractivity contribution in [3.05, 3.63) is 78.5 Å².